The van der Waals surface area contributed by atoms with Crippen LogP contribution in [0.1, 0.15) is 46.4 Å². The number of rotatable bonds is 3. The molecule has 4 heterocycles. The molecule has 0 aromatic carbocycles. The van der Waals surface area contributed by atoms with Gasteiger partial charge in [-0.1, -0.05) is 0 Å². The van der Waals surface area contributed by atoms with E-state index in [1.54, 1.807) is 0 Å². The normalized spacial score (nSPS) is 20.1. The minimum Gasteiger partial charge on any atom is -0.340 e. The molecule has 0 saturated carbocycles. The van der Waals surface area contributed by atoms with E-state index in [9.17, 15) is 4.79 Å². The molecule has 0 spiro atoms. The van der Waals surface area contributed by atoms with Crippen molar-refractivity contribution in [1.82, 2.24) is 29.5 Å². The summed E-state index contributed by atoms with van der Waals surface area (Å²) in [5.74, 6) is 1.26. The molecule has 7 nitrogen and oxygen atoms in total. The van der Waals surface area contributed by atoms with E-state index in [0.29, 0.717) is 13.1 Å². The number of aromatic nitrogens is 4. The summed E-state index contributed by atoms with van der Waals surface area (Å²) in [5.41, 5.74) is 5.64. The first kappa shape index (κ1) is 18.1. The Bertz CT molecular complexity index is 874. The lowest BCUT2D eigenvalue weighted by Crippen LogP contribution is -2.32. The molecule has 7 heteroatoms. The third-order valence-electron chi connectivity index (χ3n) is 6.08. The third-order valence-corrected chi connectivity index (χ3v) is 6.08. The molecule has 4 rings (SSSR count). The highest BCUT2D eigenvalue weighted by Crippen LogP contribution is 2.26. The van der Waals surface area contributed by atoms with Crippen LogP contribution in [0.5, 0.6) is 0 Å². The summed E-state index contributed by atoms with van der Waals surface area (Å²) in [5, 5.41) is 4.49. The van der Waals surface area contributed by atoms with E-state index in [-0.39, 0.29) is 11.8 Å². The van der Waals surface area contributed by atoms with Crippen molar-refractivity contribution in [2.24, 2.45) is 0 Å². The summed E-state index contributed by atoms with van der Waals surface area (Å²) in [6.45, 7) is 9.81. The molecular weight excluding hydrogens is 340 g/mol. The quantitative estimate of drug-likeness (QED) is 0.823. The number of aryl methyl sites for hydroxylation is 1. The van der Waals surface area contributed by atoms with Crippen LogP contribution in [0, 0.1) is 20.8 Å². The minimum absolute atomic E-state index is 0.127. The van der Waals surface area contributed by atoms with Crippen LogP contribution in [0.2, 0.25) is 0 Å². The number of likely N-dealkylation sites (tertiary alicyclic amines) is 1. The summed E-state index contributed by atoms with van der Waals surface area (Å²) < 4.78 is 1.83. The van der Waals surface area contributed by atoms with Gasteiger partial charge in [0, 0.05) is 61.7 Å². The zero-order chi connectivity index (χ0) is 19.1. The van der Waals surface area contributed by atoms with Crippen molar-refractivity contribution < 1.29 is 4.79 Å². The van der Waals surface area contributed by atoms with E-state index in [2.05, 4.69) is 29.0 Å². The lowest BCUT2D eigenvalue weighted by atomic mass is 10.1. The van der Waals surface area contributed by atoms with Crippen LogP contribution >= 0.6 is 0 Å². The fourth-order valence-electron chi connectivity index (χ4n) is 4.04. The average molecular weight is 368 g/mol. The van der Waals surface area contributed by atoms with Gasteiger partial charge in [0.25, 0.3) is 0 Å². The van der Waals surface area contributed by atoms with Crippen molar-refractivity contribution in [2.75, 3.05) is 26.7 Å². The van der Waals surface area contributed by atoms with Crippen LogP contribution in [0.25, 0.3) is 0 Å². The van der Waals surface area contributed by atoms with Gasteiger partial charge in [0.2, 0.25) is 5.91 Å². The van der Waals surface area contributed by atoms with E-state index >= 15 is 0 Å². The Kier molecular flexibility index (Phi) is 4.72. The van der Waals surface area contributed by atoms with Gasteiger partial charge in [-0.3, -0.25) is 9.48 Å². The predicted octanol–water partition coefficient (Wildman–Crippen LogP) is 1.60. The predicted molar refractivity (Wildman–Crippen MR) is 102 cm³/mol. The lowest BCUT2D eigenvalue weighted by molar-refractivity contribution is -0.131. The number of amides is 1. The molecular formula is C20H28N6O. The molecule has 0 unspecified atom stereocenters. The number of carbonyl (C=O) groups is 1. The first-order valence-corrected chi connectivity index (χ1v) is 9.74. The fourth-order valence-corrected chi connectivity index (χ4v) is 4.04. The van der Waals surface area contributed by atoms with Gasteiger partial charge in [-0.05, 0) is 39.8 Å². The Morgan fingerprint density at radius 1 is 1.26 bits per heavy atom. The van der Waals surface area contributed by atoms with E-state index in [1.807, 2.05) is 29.6 Å². The second-order valence-corrected chi connectivity index (χ2v) is 7.97. The third kappa shape index (κ3) is 3.48. The molecule has 2 aliphatic rings. The van der Waals surface area contributed by atoms with Gasteiger partial charge >= 0.3 is 0 Å². The summed E-state index contributed by atoms with van der Waals surface area (Å²) in [6.07, 6.45) is 3.89. The van der Waals surface area contributed by atoms with Crippen molar-refractivity contribution >= 4 is 5.91 Å². The molecule has 2 aliphatic heterocycles. The van der Waals surface area contributed by atoms with Crippen LogP contribution in [0.15, 0.2) is 6.20 Å². The van der Waals surface area contributed by atoms with Gasteiger partial charge < -0.3 is 9.80 Å². The van der Waals surface area contributed by atoms with Crippen LogP contribution in [0.3, 0.4) is 0 Å². The SMILES string of the molecule is Cc1nn(CC(=O)N2CC[C@H](c3ncc4c(n3)CCN(C)C4)C2)c(C)c1C. The van der Waals surface area contributed by atoms with E-state index in [4.69, 9.17) is 4.98 Å². The maximum atomic E-state index is 12.8. The zero-order valence-corrected chi connectivity index (χ0v) is 16.7. The Balaban J connectivity index is 1.42. The monoisotopic (exact) mass is 368 g/mol. The van der Waals surface area contributed by atoms with E-state index in [1.165, 1.54) is 11.3 Å². The van der Waals surface area contributed by atoms with Crippen LogP contribution < -0.4 is 0 Å². The van der Waals surface area contributed by atoms with Crippen molar-refractivity contribution in [3.8, 4) is 0 Å². The molecule has 2 aromatic rings. The molecule has 1 fully saturated rings. The van der Waals surface area contributed by atoms with Gasteiger partial charge in [0.15, 0.2) is 0 Å². The van der Waals surface area contributed by atoms with Gasteiger partial charge in [-0.15, -0.1) is 0 Å². The van der Waals surface area contributed by atoms with Crippen molar-refractivity contribution in [1.29, 1.82) is 0 Å². The standard InChI is InChI=1S/C20H28N6O/c1-13-14(2)23-26(15(13)3)12-19(27)25-8-5-16(11-25)20-21-9-17-10-24(4)7-6-18(17)22-20/h9,16H,5-8,10-12H2,1-4H3/t16-/m0/s1. The average Bonchev–Trinajstić information content (AvgIpc) is 3.23. The molecule has 27 heavy (non-hydrogen) atoms. The zero-order valence-electron chi connectivity index (χ0n) is 16.7. The molecule has 1 saturated heterocycles. The highest BCUT2D eigenvalue weighted by Gasteiger charge is 2.30. The maximum Gasteiger partial charge on any atom is 0.244 e. The van der Waals surface area contributed by atoms with E-state index in [0.717, 1.165) is 55.3 Å². The molecule has 2 aromatic heterocycles. The Labute approximate surface area is 160 Å². The van der Waals surface area contributed by atoms with E-state index < -0.39 is 0 Å². The highest BCUT2D eigenvalue weighted by atomic mass is 16.2. The molecule has 0 radical (unpaired) electrons. The van der Waals surface area contributed by atoms with Crippen molar-refractivity contribution in [3.05, 3.63) is 40.2 Å². The van der Waals surface area contributed by atoms with Crippen LogP contribution in [-0.4, -0.2) is 62.1 Å². The second kappa shape index (κ2) is 7.03. The summed E-state index contributed by atoms with van der Waals surface area (Å²) in [6, 6.07) is 0. The van der Waals surface area contributed by atoms with Crippen LogP contribution in [0.4, 0.5) is 0 Å². The Morgan fingerprint density at radius 3 is 2.81 bits per heavy atom. The number of fused-ring (bicyclic) bond motifs is 1. The van der Waals surface area contributed by atoms with Crippen molar-refractivity contribution in [3.63, 3.8) is 0 Å². The number of hydrogen-bond donors (Lipinski definition) is 0. The summed E-state index contributed by atoms with van der Waals surface area (Å²) in [4.78, 5) is 26.4. The molecule has 0 aliphatic carbocycles. The smallest absolute Gasteiger partial charge is 0.244 e. The van der Waals surface area contributed by atoms with Gasteiger partial charge in [-0.25, -0.2) is 9.97 Å². The summed E-state index contributed by atoms with van der Waals surface area (Å²) >= 11 is 0. The Hall–Kier alpha value is -2.28. The largest absolute Gasteiger partial charge is 0.340 e. The Morgan fingerprint density at radius 2 is 2.07 bits per heavy atom. The van der Waals surface area contributed by atoms with Crippen LogP contribution in [-0.2, 0) is 24.3 Å². The molecule has 0 bridgehead atoms. The highest BCUT2D eigenvalue weighted by molar-refractivity contribution is 5.76. The molecule has 144 valence electrons. The molecule has 1 amide bonds. The molecule has 1 atom stereocenters. The molecule has 0 N–H and O–H groups in total. The minimum atomic E-state index is 0.127. The van der Waals surface area contributed by atoms with Gasteiger partial charge in [0.05, 0.1) is 5.69 Å². The van der Waals surface area contributed by atoms with Crippen molar-refractivity contribution in [2.45, 2.75) is 52.6 Å². The number of likely N-dealkylation sites (N-methyl/N-ethyl adjacent to an activating group) is 1. The maximum absolute atomic E-state index is 12.8. The van der Waals surface area contributed by atoms with Gasteiger partial charge in [-0.2, -0.15) is 5.10 Å². The summed E-state index contributed by atoms with van der Waals surface area (Å²) in [7, 11) is 2.13. The first-order valence-electron chi connectivity index (χ1n) is 9.74. The lowest BCUT2D eigenvalue weighted by Gasteiger charge is -2.24. The number of hydrogen-bond acceptors (Lipinski definition) is 5. The topological polar surface area (TPSA) is 67.2 Å². The fraction of sp³-hybridized carbons (Fsp3) is 0.600. The number of nitrogens with zero attached hydrogens (tertiary/aromatic N) is 6. The second-order valence-electron chi connectivity index (χ2n) is 7.97. The first-order chi connectivity index (χ1) is 12.9. The van der Waals surface area contributed by atoms with Gasteiger partial charge in [0.1, 0.15) is 12.4 Å². The number of carbonyl (C=O) groups excluding carboxylic acids is 1.